The van der Waals surface area contributed by atoms with E-state index >= 15 is 4.39 Å². The van der Waals surface area contributed by atoms with Gasteiger partial charge in [-0.05, 0) is 29.5 Å². The number of alkyl halides is 2. The lowest BCUT2D eigenvalue weighted by molar-refractivity contribution is -0.297. The maximum absolute atomic E-state index is 15.1. The number of nitrogens with zero attached hydrogens (tertiary/aromatic N) is 6. The maximum atomic E-state index is 15.1. The molecule has 13 nitrogen and oxygen atoms in total. The molecule has 0 unspecified atom stereocenters. The number of aromatic nitrogens is 5. The zero-order valence-corrected chi connectivity index (χ0v) is 18.5. The van der Waals surface area contributed by atoms with Crippen LogP contribution in [0.5, 0.6) is 0 Å². The number of halogens is 3. The zero-order chi connectivity index (χ0) is 25.5. The van der Waals surface area contributed by atoms with Crippen LogP contribution in [0.25, 0.3) is 28.8 Å². The molecule has 0 aliphatic carbocycles. The molecule has 2 atom stereocenters. The van der Waals surface area contributed by atoms with Crippen LogP contribution in [0.4, 0.5) is 23.7 Å². The summed E-state index contributed by atoms with van der Waals surface area (Å²) in [5.74, 6) is -6.21. The van der Waals surface area contributed by atoms with Gasteiger partial charge in [-0.15, -0.1) is 15.0 Å². The molecule has 6 heterocycles. The van der Waals surface area contributed by atoms with Gasteiger partial charge < -0.3 is 9.84 Å². The first kappa shape index (κ1) is 22.8. The Morgan fingerprint density at radius 3 is 2.58 bits per heavy atom. The fraction of sp³-hybridized carbons (Fsp3) is 0.211. The molecular weight excluding hydrogens is 512 g/mol. The van der Waals surface area contributed by atoms with E-state index in [0.29, 0.717) is 16.2 Å². The topological polar surface area (TPSA) is 151 Å². The molecule has 2 bridgehead atoms. The third kappa shape index (κ3) is 2.93. The Labute approximate surface area is 198 Å². The summed E-state index contributed by atoms with van der Waals surface area (Å²) in [7, 11) is -4.37. The molecule has 186 valence electrons. The second-order valence-electron chi connectivity index (χ2n) is 7.67. The fourth-order valence-electron chi connectivity index (χ4n) is 4.02. The first-order valence-electron chi connectivity index (χ1n) is 10.0. The van der Waals surface area contributed by atoms with Crippen molar-refractivity contribution in [3.05, 3.63) is 48.9 Å². The van der Waals surface area contributed by atoms with E-state index in [0.717, 1.165) is 10.9 Å². The number of hydrogen-bond acceptors (Lipinski definition) is 11. The van der Waals surface area contributed by atoms with Crippen molar-refractivity contribution in [3.63, 3.8) is 0 Å². The molecule has 17 heteroatoms. The molecule has 4 saturated heterocycles. The first-order chi connectivity index (χ1) is 17.1. The van der Waals surface area contributed by atoms with Crippen molar-refractivity contribution >= 4 is 25.8 Å². The van der Waals surface area contributed by atoms with Crippen LogP contribution in [0.1, 0.15) is 0 Å². The highest BCUT2D eigenvalue weighted by molar-refractivity contribution is 7.50. The molecule has 36 heavy (non-hydrogen) atoms. The lowest BCUT2D eigenvalue weighted by atomic mass is 10.0. The minimum Gasteiger partial charge on any atom is -0.404 e. The van der Waals surface area contributed by atoms with E-state index < -0.39 is 44.0 Å². The van der Waals surface area contributed by atoms with Crippen molar-refractivity contribution in [2.24, 2.45) is 0 Å². The Bertz CT molecular complexity index is 1460. The molecule has 1 amide bonds. The Morgan fingerprint density at radius 2 is 1.97 bits per heavy atom. The number of amides is 1. The van der Waals surface area contributed by atoms with Gasteiger partial charge in [0.05, 0.1) is 5.69 Å². The van der Waals surface area contributed by atoms with Gasteiger partial charge in [-0.1, -0.05) is 12.6 Å². The molecule has 0 saturated carbocycles. The van der Waals surface area contributed by atoms with Crippen LogP contribution in [0.15, 0.2) is 43.1 Å². The molecule has 2 aromatic heterocycles. The highest BCUT2D eigenvalue weighted by atomic mass is 31.2. The van der Waals surface area contributed by atoms with Crippen LogP contribution < -0.4 is 4.90 Å². The van der Waals surface area contributed by atoms with Gasteiger partial charge in [-0.25, -0.2) is 41.0 Å². The number of ether oxygens (including phenoxy) is 1. The third-order valence-corrected chi connectivity index (χ3v) is 7.05. The standard InChI is InChI=1S/C19H12F3N6O7P/c1-2-27-25-16(24-26-27)13-6-3-9(8-23-13)11-5-4-10(7-12(11)20)28-17(30)32-18(14(29)15(21)22)19(28)34-36(31,33-18)35-19/h2-8,14-15,29H,1H2/t14-,18+,19?,36?/m0/s1. The highest BCUT2D eigenvalue weighted by Crippen LogP contribution is 2.81. The summed E-state index contributed by atoms with van der Waals surface area (Å²) in [4.78, 5) is 18.4. The van der Waals surface area contributed by atoms with Crippen molar-refractivity contribution in [1.82, 2.24) is 25.2 Å². The summed E-state index contributed by atoms with van der Waals surface area (Å²) in [5.41, 5.74) is 0.499. The van der Waals surface area contributed by atoms with E-state index in [2.05, 4.69) is 27.0 Å². The highest BCUT2D eigenvalue weighted by Gasteiger charge is 2.92. The molecular formula is C19H12F3N6O7P. The van der Waals surface area contributed by atoms with Crippen LogP contribution in [0.2, 0.25) is 0 Å². The summed E-state index contributed by atoms with van der Waals surface area (Å²) in [6, 6.07) is 6.46. The molecule has 0 radical (unpaired) electrons. The molecule has 7 rings (SSSR count). The number of carbonyl (C=O) groups excluding carboxylic acids is 1. The molecule has 1 N–H and O–H groups in total. The second kappa shape index (κ2) is 7.41. The largest absolute Gasteiger partial charge is 0.486 e. The number of phosphoric ester groups is 1. The number of benzene rings is 1. The number of aliphatic hydroxyl groups excluding tert-OH is 1. The Morgan fingerprint density at radius 1 is 1.19 bits per heavy atom. The number of carbonyl (C=O) groups is 1. The SMILES string of the molecule is C=Cn1nnc(-c2ccc(-c3ccc(N4C(=O)O[C@]5([C@@H](O)C(F)F)OP6(=O)OC45O6)cc3F)cn2)n1. The lowest BCUT2D eigenvalue weighted by Gasteiger charge is -2.39. The minimum atomic E-state index is -4.37. The molecule has 3 aromatic rings. The quantitative estimate of drug-likeness (QED) is 0.474. The average molecular weight is 524 g/mol. The molecule has 1 spiro atoms. The van der Waals surface area contributed by atoms with E-state index in [1.807, 2.05) is 0 Å². The fourth-order valence-corrected chi connectivity index (χ4v) is 5.73. The number of anilines is 1. The zero-order valence-electron chi connectivity index (χ0n) is 17.6. The van der Waals surface area contributed by atoms with Gasteiger partial charge in [0, 0.05) is 23.5 Å². The van der Waals surface area contributed by atoms with Gasteiger partial charge in [-0.2, -0.15) is 0 Å². The van der Waals surface area contributed by atoms with Crippen molar-refractivity contribution in [3.8, 4) is 22.6 Å². The maximum Gasteiger partial charge on any atom is 0.486 e. The number of tetrazole rings is 1. The van der Waals surface area contributed by atoms with Crippen molar-refractivity contribution in [1.29, 1.82) is 0 Å². The van der Waals surface area contributed by atoms with Crippen molar-refractivity contribution in [2.45, 2.75) is 24.2 Å². The summed E-state index contributed by atoms with van der Waals surface area (Å²) < 4.78 is 73.7. The molecule has 4 aliphatic heterocycles. The summed E-state index contributed by atoms with van der Waals surface area (Å²) in [6.45, 7) is 3.51. The monoisotopic (exact) mass is 524 g/mol. The van der Waals surface area contributed by atoms with E-state index in [9.17, 15) is 23.2 Å². The van der Waals surface area contributed by atoms with E-state index in [-0.39, 0.29) is 17.1 Å². The van der Waals surface area contributed by atoms with Gasteiger partial charge in [0.2, 0.25) is 5.82 Å². The van der Waals surface area contributed by atoms with Crippen LogP contribution in [-0.2, 0) is 22.9 Å². The summed E-state index contributed by atoms with van der Waals surface area (Å²) >= 11 is 0. The van der Waals surface area contributed by atoms with Gasteiger partial charge in [0.25, 0.3) is 6.43 Å². The number of pyridine rings is 1. The number of aliphatic hydroxyl groups is 1. The van der Waals surface area contributed by atoms with E-state index in [1.165, 1.54) is 30.6 Å². The minimum absolute atomic E-state index is 0.0632. The third-order valence-electron chi connectivity index (χ3n) is 5.61. The van der Waals surface area contributed by atoms with Gasteiger partial charge in [-0.3, -0.25) is 4.98 Å². The smallest absolute Gasteiger partial charge is 0.404 e. The van der Waals surface area contributed by atoms with Crippen LogP contribution in [0, 0.1) is 5.82 Å². The van der Waals surface area contributed by atoms with Crippen LogP contribution in [0.3, 0.4) is 0 Å². The van der Waals surface area contributed by atoms with Gasteiger partial charge in [0.15, 0.2) is 6.10 Å². The molecule has 4 fully saturated rings. The number of hydrogen-bond donors (Lipinski definition) is 1. The average Bonchev–Trinajstić information content (AvgIpc) is 3.52. The Hall–Kier alpha value is -3.69. The van der Waals surface area contributed by atoms with Crippen LogP contribution in [-0.4, -0.2) is 60.6 Å². The molecule has 4 aliphatic rings. The predicted octanol–water partition coefficient (Wildman–Crippen LogP) is 2.76. The first-order valence-corrected chi connectivity index (χ1v) is 11.5. The Kier molecular flexibility index (Phi) is 4.68. The number of rotatable bonds is 6. The van der Waals surface area contributed by atoms with E-state index in [4.69, 9.17) is 18.3 Å². The van der Waals surface area contributed by atoms with E-state index in [1.54, 1.807) is 6.07 Å². The van der Waals surface area contributed by atoms with Crippen molar-refractivity contribution < 1.29 is 45.9 Å². The van der Waals surface area contributed by atoms with Crippen molar-refractivity contribution in [2.75, 3.05) is 4.90 Å². The van der Waals surface area contributed by atoms with Gasteiger partial charge >= 0.3 is 25.6 Å². The normalized spacial score (nSPS) is 29.1. The predicted molar refractivity (Wildman–Crippen MR) is 110 cm³/mol. The second-order valence-corrected chi connectivity index (χ2v) is 9.11. The Balaban J connectivity index is 1.32. The lowest BCUT2D eigenvalue weighted by Crippen LogP contribution is -2.65. The van der Waals surface area contributed by atoms with Gasteiger partial charge in [0.1, 0.15) is 11.5 Å². The summed E-state index contributed by atoms with van der Waals surface area (Å²) in [6.07, 6.45) is -4.93. The number of phosphoric acid groups is 1. The summed E-state index contributed by atoms with van der Waals surface area (Å²) in [5, 5.41) is 21.6. The molecule has 1 aromatic carbocycles. The van der Waals surface area contributed by atoms with Crippen LogP contribution >= 0.6 is 7.82 Å².